The van der Waals surface area contributed by atoms with Gasteiger partial charge in [0.1, 0.15) is 0 Å². The van der Waals surface area contributed by atoms with E-state index in [0.717, 1.165) is 30.5 Å². The Labute approximate surface area is 106 Å². The van der Waals surface area contributed by atoms with Crippen LogP contribution in [0.1, 0.15) is 18.9 Å². The molecule has 0 heterocycles. The van der Waals surface area contributed by atoms with Gasteiger partial charge in [-0.1, -0.05) is 28.1 Å². The van der Waals surface area contributed by atoms with Crippen LogP contribution in [0.2, 0.25) is 0 Å². The van der Waals surface area contributed by atoms with Crippen LogP contribution in [-0.4, -0.2) is 24.9 Å². The minimum atomic E-state index is 0.222. The minimum absolute atomic E-state index is 0.222. The summed E-state index contributed by atoms with van der Waals surface area (Å²) in [5, 5.41) is 9.29. The molecule has 90 valence electrons. The minimum Gasteiger partial charge on any atom is -0.396 e. The molecule has 0 aliphatic heterocycles. The summed E-state index contributed by atoms with van der Waals surface area (Å²) in [7, 11) is 0. The van der Waals surface area contributed by atoms with E-state index in [-0.39, 0.29) is 6.61 Å². The number of aliphatic hydroxyl groups is 1. The van der Waals surface area contributed by atoms with Gasteiger partial charge in [-0.2, -0.15) is 0 Å². The fraction of sp³-hybridized carbons (Fsp3) is 0.538. The number of aliphatic hydroxyl groups excluding tert-OH is 1. The quantitative estimate of drug-likeness (QED) is 0.781. The number of halogens is 1. The second-order valence-electron chi connectivity index (χ2n) is 3.87. The summed E-state index contributed by atoms with van der Waals surface area (Å²) in [6.45, 7) is 3.69. The highest BCUT2D eigenvalue weighted by Gasteiger charge is 2.08. The van der Waals surface area contributed by atoms with Crippen molar-refractivity contribution < 1.29 is 9.84 Å². The summed E-state index contributed by atoms with van der Waals surface area (Å²) in [6, 6.07) is 8.23. The highest BCUT2D eigenvalue weighted by molar-refractivity contribution is 9.10. The monoisotopic (exact) mass is 286 g/mol. The molecule has 0 radical (unpaired) electrons. The van der Waals surface area contributed by atoms with Gasteiger partial charge < -0.3 is 9.84 Å². The van der Waals surface area contributed by atoms with E-state index in [1.807, 2.05) is 19.1 Å². The summed E-state index contributed by atoms with van der Waals surface area (Å²) in [5.74, 6) is 0.292. The van der Waals surface area contributed by atoms with Crippen LogP contribution in [-0.2, 0) is 11.2 Å². The van der Waals surface area contributed by atoms with Crippen molar-refractivity contribution in [3.05, 3.63) is 34.3 Å². The number of rotatable bonds is 7. The molecule has 0 aromatic heterocycles. The van der Waals surface area contributed by atoms with Gasteiger partial charge in [-0.15, -0.1) is 0 Å². The first kappa shape index (κ1) is 13.7. The second kappa shape index (κ2) is 7.82. The van der Waals surface area contributed by atoms with Gasteiger partial charge in [-0.05, 0) is 43.4 Å². The zero-order chi connectivity index (χ0) is 11.8. The molecule has 16 heavy (non-hydrogen) atoms. The maximum Gasteiger partial charge on any atom is 0.0469 e. The van der Waals surface area contributed by atoms with Gasteiger partial charge in [0.15, 0.2) is 0 Å². The lowest BCUT2D eigenvalue weighted by Gasteiger charge is -2.14. The van der Waals surface area contributed by atoms with Crippen molar-refractivity contribution in [2.24, 2.45) is 5.92 Å². The molecule has 1 N–H and O–H groups in total. The maximum atomic E-state index is 9.29. The molecule has 0 saturated heterocycles. The average Bonchev–Trinajstić information content (AvgIpc) is 2.28. The third kappa shape index (κ3) is 5.10. The number of benzene rings is 1. The molecule has 0 bridgehead atoms. The molecule has 1 aromatic carbocycles. The topological polar surface area (TPSA) is 29.5 Å². The van der Waals surface area contributed by atoms with Crippen molar-refractivity contribution in [2.45, 2.75) is 19.8 Å². The van der Waals surface area contributed by atoms with Crippen LogP contribution in [0.25, 0.3) is 0 Å². The van der Waals surface area contributed by atoms with Crippen LogP contribution in [0, 0.1) is 5.92 Å². The molecule has 0 amide bonds. The fourth-order valence-electron chi connectivity index (χ4n) is 1.65. The van der Waals surface area contributed by atoms with Crippen LogP contribution in [0.15, 0.2) is 28.7 Å². The first-order valence-electron chi connectivity index (χ1n) is 5.69. The van der Waals surface area contributed by atoms with Gasteiger partial charge in [0.2, 0.25) is 0 Å². The van der Waals surface area contributed by atoms with E-state index in [1.165, 1.54) is 5.56 Å². The SMILES string of the molecule is CCOCCC(CO)Cc1cccc(Br)c1. The van der Waals surface area contributed by atoms with E-state index in [0.29, 0.717) is 5.92 Å². The van der Waals surface area contributed by atoms with Crippen molar-refractivity contribution in [3.8, 4) is 0 Å². The summed E-state index contributed by atoms with van der Waals surface area (Å²) in [4.78, 5) is 0. The highest BCUT2D eigenvalue weighted by atomic mass is 79.9. The fourth-order valence-corrected chi connectivity index (χ4v) is 2.10. The Morgan fingerprint density at radius 3 is 2.88 bits per heavy atom. The molecule has 0 spiro atoms. The second-order valence-corrected chi connectivity index (χ2v) is 4.78. The summed E-state index contributed by atoms with van der Waals surface area (Å²) in [6.07, 6.45) is 1.82. The standard InChI is InChI=1S/C13H19BrO2/c1-2-16-7-6-12(10-15)8-11-4-3-5-13(14)9-11/h3-5,9,12,15H,2,6-8,10H2,1H3. The summed E-state index contributed by atoms with van der Waals surface area (Å²) in [5.41, 5.74) is 1.25. The molecular formula is C13H19BrO2. The van der Waals surface area contributed by atoms with Crippen LogP contribution in [0.3, 0.4) is 0 Å². The van der Waals surface area contributed by atoms with Crippen molar-refractivity contribution >= 4 is 15.9 Å². The van der Waals surface area contributed by atoms with E-state index < -0.39 is 0 Å². The Kier molecular flexibility index (Phi) is 6.69. The Hall–Kier alpha value is -0.380. The molecule has 1 unspecified atom stereocenters. The van der Waals surface area contributed by atoms with Crippen LogP contribution in [0.5, 0.6) is 0 Å². The smallest absolute Gasteiger partial charge is 0.0469 e. The summed E-state index contributed by atoms with van der Waals surface area (Å²) < 4.78 is 6.40. The van der Waals surface area contributed by atoms with E-state index in [2.05, 4.69) is 28.1 Å². The van der Waals surface area contributed by atoms with E-state index >= 15 is 0 Å². The number of hydrogen-bond donors (Lipinski definition) is 1. The summed E-state index contributed by atoms with van der Waals surface area (Å²) >= 11 is 3.45. The van der Waals surface area contributed by atoms with Gasteiger partial charge in [0.05, 0.1) is 0 Å². The molecule has 0 aliphatic carbocycles. The molecule has 0 saturated carbocycles. The van der Waals surface area contributed by atoms with Gasteiger partial charge in [0.25, 0.3) is 0 Å². The molecule has 1 aromatic rings. The van der Waals surface area contributed by atoms with Gasteiger partial charge in [-0.3, -0.25) is 0 Å². The van der Waals surface area contributed by atoms with Gasteiger partial charge in [-0.25, -0.2) is 0 Å². The molecule has 2 nitrogen and oxygen atoms in total. The molecular weight excluding hydrogens is 268 g/mol. The van der Waals surface area contributed by atoms with E-state index in [4.69, 9.17) is 4.74 Å². The normalized spacial score (nSPS) is 12.7. The lowest BCUT2D eigenvalue weighted by atomic mass is 9.97. The average molecular weight is 287 g/mol. The Morgan fingerprint density at radius 2 is 2.25 bits per heavy atom. The largest absolute Gasteiger partial charge is 0.396 e. The Morgan fingerprint density at radius 1 is 1.44 bits per heavy atom. The zero-order valence-corrected chi connectivity index (χ0v) is 11.2. The van der Waals surface area contributed by atoms with Crippen LogP contribution >= 0.6 is 15.9 Å². The first-order valence-corrected chi connectivity index (χ1v) is 6.48. The highest BCUT2D eigenvalue weighted by Crippen LogP contribution is 2.16. The lowest BCUT2D eigenvalue weighted by Crippen LogP contribution is -2.12. The van der Waals surface area contributed by atoms with Crippen molar-refractivity contribution in [1.29, 1.82) is 0 Å². The lowest BCUT2D eigenvalue weighted by molar-refractivity contribution is 0.115. The molecule has 1 rings (SSSR count). The third-order valence-electron chi connectivity index (χ3n) is 2.55. The number of ether oxygens (including phenoxy) is 1. The van der Waals surface area contributed by atoms with Gasteiger partial charge in [0, 0.05) is 24.3 Å². The Bertz CT molecular complexity index is 302. The van der Waals surface area contributed by atoms with Crippen LogP contribution < -0.4 is 0 Å². The molecule has 0 aliphatic rings. The zero-order valence-electron chi connectivity index (χ0n) is 9.66. The van der Waals surface area contributed by atoms with E-state index in [1.54, 1.807) is 0 Å². The molecule has 0 fully saturated rings. The Balaban J connectivity index is 2.43. The molecule has 3 heteroatoms. The van der Waals surface area contributed by atoms with Crippen molar-refractivity contribution in [2.75, 3.05) is 19.8 Å². The van der Waals surface area contributed by atoms with Crippen molar-refractivity contribution in [3.63, 3.8) is 0 Å². The van der Waals surface area contributed by atoms with Crippen LogP contribution in [0.4, 0.5) is 0 Å². The van der Waals surface area contributed by atoms with Gasteiger partial charge >= 0.3 is 0 Å². The maximum absolute atomic E-state index is 9.29. The predicted molar refractivity (Wildman–Crippen MR) is 69.5 cm³/mol. The molecule has 1 atom stereocenters. The van der Waals surface area contributed by atoms with Crippen molar-refractivity contribution in [1.82, 2.24) is 0 Å². The van der Waals surface area contributed by atoms with E-state index in [9.17, 15) is 5.11 Å². The predicted octanol–water partition coefficient (Wildman–Crippen LogP) is 3.03. The third-order valence-corrected chi connectivity index (χ3v) is 3.04. The first-order chi connectivity index (χ1) is 7.76. The number of hydrogen-bond acceptors (Lipinski definition) is 2.